The van der Waals surface area contributed by atoms with Gasteiger partial charge in [-0.2, -0.15) is 0 Å². The molecule has 0 aromatic rings. The molecule has 0 bridgehead atoms. The number of fused-ring (bicyclic) bond motifs is 2. The first-order chi connectivity index (χ1) is 11.1. The summed E-state index contributed by atoms with van der Waals surface area (Å²) in [6.07, 6.45) is 19.4. The maximum absolute atomic E-state index is 2.56. The van der Waals surface area contributed by atoms with Crippen LogP contribution in [0.2, 0.25) is 7.25 Å². The molecule has 136 valence electrons. The molecule has 0 nitrogen and oxygen atoms in total. The van der Waals surface area contributed by atoms with E-state index in [2.05, 4.69) is 76.3 Å². The molecular formula is C22H30Cl2Zr. The Balaban J connectivity index is 0.00000113. The van der Waals surface area contributed by atoms with Gasteiger partial charge in [0.2, 0.25) is 0 Å². The fourth-order valence-electron chi connectivity index (χ4n) is 5.86. The molecule has 4 aliphatic carbocycles. The molecule has 25 heavy (non-hydrogen) atoms. The van der Waals surface area contributed by atoms with Gasteiger partial charge >= 0.3 is 154 Å². The average molecular weight is 457 g/mol. The molecule has 3 heteroatoms. The summed E-state index contributed by atoms with van der Waals surface area (Å²) in [5.41, 5.74) is 0. The van der Waals surface area contributed by atoms with E-state index in [9.17, 15) is 0 Å². The summed E-state index contributed by atoms with van der Waals surface area (Å²) in [5, 5.41) is 0. The molecule has 0 aromatic heterocycles. The van der Waals surface area contributed by atoms with E-state index in [-0.39, 0.29) is 24.8 Å². The molecule has 0 saturated heterocycles. The SMILES string of the molecule is CC1C(C)[CH]([Zr+2][CH]2C(C)C(C)C3C=CC=CC32)C2C=CC=CC12.[Cl-].[Cl-]. The third kappa shape index (κ3) is 3.60. The second kappa shape index (κ2) is 8.62. The van der Waals surface area contributed by atoms with Crippen molar-refractivity contribution in [3.63, 3.8) is 0 Å². The monoisotopic (exact) mass is 454 g/mol. The second-order valence-corrected chi connectivity index (χ2v) is 12.6. The van der Waals surface area contributed by atoms with E-state index in [4.69, 9.17) is 0 Å². The maximum atomic E-state index is 2.56. The van der Waals surface area contributed by atoms with Crippen LogP contribution in [0.1, 0.15) is 27.7 Å². The van der Waals surface area contributed by atoms with Crippen LogP contribution >= 0.6 is 0 Å². The summed E-state index contributed by atoms with van der Waals surface area (Å²) in [4.78, 5) is 0. The Labute approximate surface area is 178 Å². The molecule has 10 unspecified atom stereocenters. The Hall–Kier alpha value is 0.423. The Bertz CT molecular complexity index is 529. The Morgan fingerprint density at radius 3 is 1.16 bits per heavy atom. The molecule has 4 aliphatic rings. The van der Waals surface area contributed by atoms with Gasteiger partial charge in [-0.15, -0.1) is 0 Å². The van der Waals surface area contributed by atoms with Gasteiger partial charge < -0.3 is 24.8 Å². The zero-order chi connectivity index (χ0) is 16.1. The third-order valence-electron chi connectivity index (χ3n) is 7.66. The van der Waals surface area contributed by atoms with Crippen LogP contribution in [-0.4, -0.2) is 0 Å². The molecule has 0 radical (unpaired) electrons. The van der Waals surface area contributed by atoms with Gasteiger partial charge in [-0.3, -0.25) is 0 Å². The summed E-state index contributed by atoms with van der Waals surface area (Å²) < 4.78 is 2.08. The van der Waals surface area contributed by atoms with Gasteiger partial charge in [0.15, 0.2) is 0 Å². The van der Waals surface area contributed by atoms with Crippen LogP contribution in [0.4, 0.5) is 0 Å². The standard InChI is InChI=1S/2C11H15.2ClH.Zr/c2*1-8-7-10-5-3-4-6-11(10)9(8)2;;;/h2*3-11H,1-2H3;2*1H;/q;;;;+2/p-2. The second-order valence-electron chi connectivity index (χ2n) is 8.50. The molecule has 0 aliphatic heterocycles. The van der Waals surface area contributed by atoms with Crippen molar-refractivity contribution in [1.82, 2.24) is 0 Å². The van der Waals surface area contributed by atoms with Gasteiger partial charge in [0, 0.05) is 0 Å². The van der Waals surface area contributed by atoms with E-state index in [1.807, 2.05) is 0 Å². The first-order valence-electron chi connectivity index (χ1n) is 9.55. The topological polar surface area (TPSA) is 0 Å². The number of hydrogen-bond acceptors (Lipinski definition) is 0. The van der Waals surface area contributed by atoms with Gasteiger partial charge in [0.1, 0.15) is 0 Å². The molecule has 0 heterocycles. The predicted octanol–water partition coefficient (Wildman–Crippen LogP) is -0.0577. The zero-order valence-electron chi connectivity index (χ0n) is 15.6. The van der Waals surface area contributed by atoms with Crippen molar-refractivity contribution in [3.8, 4) is 0 Å². The van der Waals surface area contributed by atoms with Crippen molar-refractivity contribution in [2.45, 2.75) is 34.9 Å². The van der Waals surface area contributed by atoms with Crippen molar-refractivity contribution in [1.29, 1.82) is 0 Å². The zero-order valence-corrected chi connectivity index (χ0v) is 19.6. The van der Waals surface area contributed by atoms with Gasteiger partial charge in [-0.05, 0) is 0 Å². The number of rotatable bonds is 2. The minimum Gasteiger partial charge on any atom is -1.00 e. The van der Waals surface area contributed by atoms with Crippen molar-refractivity contribution < 1.29 is 48.0 Å². The summed E-state index contributed by atoms with van der Waals surface area (Å²) in [7, 11) is 0. The third-order valence-corrected chi connectivity index (χ3v) is 14.0. The van der Waals surface area contributed by atoms with Gasteiger partial charge in [0.05, 0.1) is 0 Å². The van der Waals surface area contributed by atoms with E-state index in [1.165, 1.54) is 0 Å². The largest absolute Gasteiger partial charge is 1.00 e. The van der Waals surface area contributed by atoms with Crippen LogP contribution in [0.3, 0.4) is 0 Å². The van der Waals surface area contributed by atoms with Gasteiger partial charge in [0.25, 0.3) is 0 Å². The summed E-state index contributed by atoms with van der Waals surface area (Å²) in [6.45, 7) is 10.1. The van der Waals surface area contributed by atoms with E-state index < -0.39 is 23.2 Å². The van der Waals surface area contributed by atoms with Crippen molar-refractivity contribution in [2.75, 3.05) is 0 Å². The molecular weight excluding hydrogens is 426 g/mol. The average Bonchev–Trinajstić information content (AvgIpc) is 2.97. The molecule has 10 atom stereocenters. The number of hydrogen-bond donors (Lipinski definition) is 0. The summed E-state index contributed by atoms with van der Waals surface area (Å²) in [6, 6.07) is 0. The predicted molar refractivity (Wildman–Crippen MR) is 94.7 cm³/mol. The first kappa shape index (κ1) is 21.7. The summed E-state index contributed by atoms with van der Waals surface area (Å²) in [5.74, 6) is 6.97. The number of allylic oxidation sites excluding steroid dienone is 8. The van der Waals surface area contributed by atoms with Gasteiger partial charge in [-0.25, -0.2) is 0 Å². The molecule has 4 rings (SSSR count). The minimum atomic E-state index is -0.437. The van der Waals surface area contributed by atoms with Crippen LogP contribution in [0, 0.1) is 47.3 Å². The Morgan fingerprint density at radius 2 is 0.800 bits per heavy atom. The van der Waals surface area contributed by atoms with Crippen LogP contribution < -0.4 is 24.8 Å². The Kier molecular flexibility index (Phi) is 7.49. The van der Waals surface area contributed by atoms with Crippen LogP contribution in [0.5, 0.6) is 0 Å². The van der Waals surface area contributed by atoms with E-state index >= 15 is 0 Å². The minimum absolute atomic E-state index is 0. The first-order valence-corrected chi connectivity index (χ1v) is 12.4. The van der Waals surface area contributed by atoms with E-state index in [1.54, 1.807) is 0 Å². The smallest absolute Gasteiger partial charge is 1.00 e. The number of halogens is 2. The van der Waals surface area contributed by atoms with Crippen LogP contribution in [-0.2, 0) is 23.2 Å². The fraction of sp³-hybridized carbons (Fsp3) is 0.636. The van der Waals surface area contributed by atoms with Crippen molar-refractivity contribution >= 4 is 0 Å². The van der Waals surface area contributed by atoms with Crippen molar-refractivity contribution in [2.24, 2.45) is 47.3 Å². The molecule has 2 fully saturated rings. The van der Waals surface area contributed by atoms with Crippen molar-refractivity contribution in [3.05, 3.63) is 48.6 Å². The quantitative estimate of drug-likeness (QED) is 0.547. The molecule has 0 N–H and O–H groups in total. The normalized spacial score (nSPS) is 49.0. The molecule has 0 amide bonds. The molecule has 0 aromatic carbocycles. The molecule has 0 spiro atoms. The van der Waals surface area contributed by atoms with Gasteiger partial charge in [-0.1, -0.05) is 0 Å². The Morgan fingerprint density at radius 1 is 0.480 bits per heavy atom. The maximum Gasteiger partial charge on any atom is -1.00 e. The molecule has 2 saturated carbocycles. The van der Waals surface area contributed by atoms with Crippen LogP contribution in [0.15, 0.2) is 48.6 Å². The van der Waals surface area contributed by atoms with E-state index in [0.29, 0.717) is 0 Å². The fourth-order valence-corrected chi connectivity index (χ4v) is 12.7. The summed E-state index contributed by atoms with van der Waals surface area (Å²) >= 11 is -0.437. The van der Waals surface area contributed by atoms with Crippen LogP contribution in [0.25, 0.3) is 0 Å². The van der Waals surface area contributed by atoms with E-state index in [0.717, 1.165) is 54.6 Å².